The van der Waals surface area contributed by atoms with E-state index in [9.17, 15) is 13.2 Å². The molecular weight excluding hydrogens is 290 g/mol. The summed E-state index contributed by atoms with van der Waals surface area (Å²) in [5.41, 5.74) is 12.8. The molecule has 21 heavy (non-hydrogen) atoms. The molecule has 1 aromatic carbocycles. The van der Waals surface area contributed by atoms with Crippen molar-refractivity contribution in [3.63, 3.8) is 0 Å². The van der Waals surface area contributed by atoms with Crippen molar-refractivity contribution in [3.05, 3.63) is 23.3 Å². The fourth-order valence-corrected chi connectivity index (χ4v) is 4.85. The van der Waals surface area contributed by atoms with Gasteiger partial charge in [-0.15, -0.1) is 0 Å². The highest BCUT2D eigenvalue weighted by Gasteiger charge is 2.34. The van der Waals surface area contributed by atoms with Crippen LogP contribution in [0.1, 0.15) is 24.0 Å². The third-order valence-corrected chi connectivity index (χ3v) is 6.04. The molecule has 7 heteroatoms. The van der Waals surface area contributed by atoms with Crippen molar-refractivity contribution >= 4 is 21.6 Å². The predicted octanol–water partition coefficient (Wildman–Crippen LogP) is 0.772. The van der Waals surface area contributed by atoms with Crippen LogP contribution in [0.15, 0.2) is 17.0 Å². The lowest BCUT2D eigenvalue weighted by atomic mass is 9.99. The number of aryl methyl sites for hydroxylation is 2. The average Bonchev–Trinajstić information content (AvgIpc) is 2.37. The molecule has 0 spiro atoms. The smallest absolute Gasteiger partial charge is 0.243 e. The van der Waals surface area contributed by atoms with Crippen LogP contribution in [0.5, 0.6) is 0 Å². The number of nitrogens with zero attached hydrogens (tertiary/aromatic N) is 1. The highest BCUT2D eigenvalue weighted by atomic mass is 32.2. The monoisotopic (exact) mass is 311 g/mol. The summed E-state index contributed by atoms with van der Waals surface area (Å²) < 4.78 is 27.0. The Kier molecular flexibility index (Phi) is 4.25. The number of anilines is 1. The number of hydrogen-bond acceptors (Lipinski definition) is 4. The van der Waals surface area contributed by atoms with Gasteiger partial charge in [-0.05, 0) is 49.9 Å². The zero-order valence-electron chi connectivity index (χ0n) is 12.3. The van der Waals surface area contributed by atoms with Gasteiger partial charge in [0.25, 0.3) is 0 Å². The molecule has 116 valence electrons. The van der Waals surface area contributed by atoms with Crippen molar-refractivity contribution < 1.29 is 13.2 Å². The second-order valence-corrected chi connectivity index (χ2v) is 7.46. The van der Waals surface area contributed by atoms with Gasteiger partial charge >= 0.3 is 0 Å². The average molecular weight is 311 g/mol. The van der Waals surface area contributed by atoms with Crippen LogP contribution in [0.4, 0.5) is 5.69 Å². The van der Waals surface area contributed by atoms with Crippen LogP contribution in [0.25, 0.3) is 0 Å². The maximum atomic E-state index is 12.8. The molecule has 1 aliphatic heterocycles. The minimum absolute atomic E-state index is 0.154. The number of amides is 1. The van der Waals surface area contributed by atoms with E-state index in [4.69, 9.17) is 11.5 Å². The molecule has 0 aliphatic carbocycles. The molecule has 1 atom stereocenters. The predicted molar refractivity (Wildman–Crippen MR) is 81.0 cm³/mol. The minimum atomic E-state index is -3.64. The molecule has 1 fully saturated rings. The number of hydrogen-bond donors (Lipinski definition) is 2. The molecule has 0 bridgehead atoms. The van der Waals surface area contributed by atoms with Gasteiger partial charge in [-0.3, -0.25) is 4.79 Å². The lowest BCUT2D eigenvalue weighted by molar-refractivity contribution is -0.122. The summed E-state index contributed by atoms with van der Waals surface area (Å²) in [4.78, 5) is 11.6. The van der Waals surface area contributed by atoms with Crippen molar-refractivity contribution in [2.45, 2.75) is 31.6 Å². The molecule has 1 aromatic rings. The molecule has 1 heterocycles. The van der Waals surface area contributed by atoms with E-state index in [-0.39, 0.29) is 11.4 Å². The quantitative estimate of drug-likeness (QED) is 0.804. The number of carbonyl (C=O) groups excluding carboxylic acids is 1. The van der Waals surface area contributed by atoms with Crippen molar-refractivity contribution in [2.75, 3.05) is 18.8 Å². The van der Waals surface area contributed by atoms with Gasteiger partial charge in [0.05, 0.1) is 10.8 Å². The normalized spacial score (nSPS) is 20.4. The number of nitrogens with two attached hydrogens (primary N) is 2. The van der Waals surface area contributed by atoms with E-state index >= 15 is 0 Å². The summed E-state index contributed by atoms with van der Waals surface area (Å²) in [6, 6.07) is 3.30. The molecule has 1 saturated heterocycles. The maximum Gasteiger partial charge on any atom is 0.243 e. The van der Waals surface area contributed by atoms with Crippen LogP contribution in [-0.2, 0) is 14.8 Å². The van der Waals surface area contributed by atoms with Crippen LogP contribution in [0.3, 0.4) is 0 Å². The van der Waals surface area contributed by atoms with Gasteiger partial charge < -0.3 is 11.5 Å². The number of piperidine rings is 1. The molecular formula is C14H21N3O3S. The Labute approximate surface area is 125 Å². The SMILES string of the molecule is Cc1cc(N)cc(C)c1S(=O)(=O)N1CCCC(C(N)=O)C1. The first kappa shape index (κ1) is 15.8. The van der Waals surface area contributed by atoms with Crippen LogP contribution < -0.4 is 11.5 Å². The molecule has 1 aliphatic rings. The molecule has 0 aromatic heterocycles. The number of sulfonamides is 1. The summed E-state index contributed by atoms with van der Waals surface area (Å²) in [6.07, 6.45) is 1.28. The fraction of sp³-hybridized carbons (Fsp3) is 0.500. The molecule has 1 amide bonds. The standard InChI is InChI=1S/C14H21N3O3S/c1-9-6-12(15)7-10(2)13(9)21(19,20)17-5-3-4-11(8-17)14(16)18/h6-7,11H,3-5,8,15H2,1-2H3,(H2,16,18). The Morgan fingerprint density at radius 1 is 1.29 bits per heavy atom. The summed E-state index contributed by atoms with van der Waals surface area (Å²) >= 11 is 0. The molecule has 4 N–H and O–H groups in total. The molecule has 6 nitrogen and oxygen atoms in total. The second kappa shape index (κ2) is 5.65. The number of benzene rings is 1. The van der Waals surface area contributed by atoms with E-state index in [1.165, 1.54) is 4.31 Å². The van der Waals surface area contributed by atoms with E-state index < -0.39 is 21.8 Å². The highest BCUT2D eigenvalue weighted by Crippen LogP contribution is 2.29. The van der Waals surface area contributed by atoms with E-state index in [1.807, 2.05) is 0 Å². The first-order chi connectivity index (χ1) is 9.73. The highest BCUT2D eigenvalue weighted by molar-refractivity contribution is 7.89. The van der Waals surface area contributed by atoms with Crippen molar-refractivity contribution in [3.8, 4) is 0 Å². The Balaban J connectivity index is 2.41. The van der Waals surface area contributed by atoms with E-state index in [0.717, 1.165) is 0 Å². The zero-order chi connectivity index (χ0) is 15.8. The number of carbonyl (C=O) groups is 1. The van der Waals surface area contributed by atoms with Gasteiger partial charge in [0.2, 0.25) is 15.9 Å². The van der Waals surface area contributed by atoms with Gasteiger partial charge in [0, 0.05) is 18.8 Å². The van der Waals surface area contributed by atoms with Crippen LogP contribution >= 0.6 is 0 Å². The topological polar surface area (TPSA) is 106 Å². The van der Waals surface area contributed by atoms with Crippen LogP contribution in [-0.4, -0.2) is 31.7 Å². The largest absolute Gasteiger partial charge is 0.399 e. The fourth-order valence-electron chi connectivity index (χ4n) is 2.91. The molecule has 1 unspecified atom stereocenters. The maximum absolute atomic E-state index is 12.8. The van der Waals surface area contributed by atoms with Gasteiger partial charge in [0.1, 0.15) is 0 Å². The van der Waals surface area contributed by atoms with Crippen molar-refractivity contribution in [2.24, 2.45) is 11.7 Å². The van der Waals surface area contributed by atoms with E-state index in [2.05, 4.69) is 0 Å². The van der Waals surface area contributed by atoms with Crippen molar-refractivity contribution in [1.29, 1.82) is 0 Å². The summed E-state index contributed by atoms with van der Waals surface area (Å²) in [7, 11) is -3.64. The molecule has 2 rings (SSSR count). The number of primary amides is 1. The third kappa shape index (κ3) is 3.03. The lowest BCUT2D eigenvalue weighted by Crippen LogP contribution is -2.44. The first-order valence-corrected chi connectivity index (χ1v) is 8.33. The molecule has 0 radical (unpaired) electrons. The van der Waals surface area contributed by atoms with Crippen molar-refractivity contribution in [1.82, 2.24) is 4.31 Å². The Morgan fingerprint density at radius 2 is 1.86 bits per heavy atom. The lowest BCUT2D eigenvalue weighted by Gasteiger charge is -2.31. The third-order valence-electron chi connectivity index (χ3n) is 3.87. The Morgan fingerprint density at radius 3 is 2.38 bits per heavy atom. The zero-order valence-corrected chi connectivity index (χ0v) is 13.1. The first-order valence-electron chi connectivity index (χ1n) is 6.89. The summed E-state index contributed by atoms with van der Waals surface area (Å²) in [6.45, 7) is 4.02. The Bertz CT molecular complexity index is 647. The van der Waals surface area contributed by atoms with Gasteiger partial charge in [-0.2, -0.15) is 4.31 Å². The van der Waals surface area contributed by atoms with E-state index in [1.54, 1.807) is 26.0 Å². The van der Waals surface area contributed by atoms with Gasteiger partial charge in [-0.25, -0.2) is 8.42 Å². The van der Waals surface area contributed by atoms with Gasteiger partial charge in [-0.1, -0.05) is 0 Å². The number of nitrogen functional groups attached to an aromatic ring is 1. The second-order valence-electron chi connectivity index (χ2n) is 5.59. The van der Waals surface area contributed by atoms with Gasteiger partial charge in [0.15, 0.2) is 0 Å². The van der Waals surface area contributed by atoms with Crippen LogP contribution in [0.2, 0.25) is 0 Å². The minimum Gasteiger partial charge on any atom is -0.399 e. The summed E-state index contributed by atoms with van der Waals surface area (Å²) in [5, 5.41) is 0. The Hall–Kier alpha value is -1.60. The number of rotatable bonds is 3. The van der Waals surface area contributed by atoms with Crippen LogP contribution in [0, 0.1) is 19.8 Å². The summed E-state index contributed by atoms with van der Waals surface area (Å²) in [5.74, 6) is -0.858. The molecule has 0 saturated carbocycles. The van der Waals surface area contributed by atoms with E-state index in [0.29, 0.717) is 36.2 Å².